The average molecular weight is 345 g/mol. The number of aromatic nitrogens is 4. The van der Waals surface area contributed by atoms with Crippen LogP contribution in [0, 0.1) is 6.92 Å². The van der Waals surface area contributed by atoms with Crippen LogP contribution in [0.5, 0.6) is 0 Å². The number of benzene rings is 2. The Kier molecular flexibility index (Phi) is 4.33. The van der Waals surface area contributed by atoms with E-state index < -0.39 is 0 Å². The summed E-state index contributed by atoms with van der Waals surface area (Å²) in [5.74, 6) is 0.998. The molecule has 4 rings (SSSR count). The molecule has 0 saturated heterocycles. The number of fused-ring (bicyclic) bond motifs is 1. The van der Waals surface area contributed by atoms with Crippen LogP contribution in [-0.4, -0.2) is 19.6 Å². The molecule has 2 aromatic carbocycles. The van der Waals surface area contributed by atoms with E-state index in [4.69, 9.17) is 0 Å². The number of rotatable bonds is 5. The van der Waals surface area contributed by atoms with Crippen molar-refractivity contribution in [2.24, 2.45) is 0 Å². The molecule has 6 nitrogen and oxygen atoms in total. The summed E-state index contributed by atoms with van der Waals surface area (Å²) in [6, 6.07) is 19.6. The predicted octanol–water partition coefficient (Wildman–Crippen LogP) is 2.68. The number of hydrogen-bond donors (Lipinski definition) is 2. The molecule has 0 fully saturated rings. The highest BCUT2D eigenvalue weighted by atomic mass is 16.1. The molecule has 26 heavy (non-hydrogen) atoms. The lowest BCUT2D eigenvalue weighted by atomic mass is 10.1. The molecule has 0 amide bonds. The minimum atomic E-state index is -0.192. The van der Waals surface area contributed by atoms with Crippen LogP contribution in [0.25, 0.3) is 17.2 Å². The van der Waals surface area contributed by atoms with E-state index in [0.29, 0.717) is 18.1 Å². The van der Waals surface area contributed by atoms with Gasteiger partial charge in [-0.3, -0.25) is 4.79 Å². The minimum absolute atomic E-state index is 0.192. The fourth-order valence-corrected chi connectivity index (χ4v) is 2.91. The minimum Gasteiger partial charge on any atom is -0.326 e. The van der Waals surface area contributed by atoms with Crippen molar-refractivity contribution >= 4 is 5.78 Å². The molecule has 0 unspecified atom stereocenters. The smallest absolute Gasteiger partial charge is 0.275 e. The molecule has 2 heterocycles. The zero-order chi connectivity index (χ0) is 17.9. The standard InChI is InChI=1S/C20H19N5O/c1-14-7-5-6-10-17(14)19-23-20-22-16(11-18(26)25(20)24-19)13-21-12-15-8-3-2-4-9-15/h2-11,21H,12-13H2,1H3,(H,22,23,24). The normalized spacial score (nSPS) is 11.1. The molecule has 0 bridgehead atoms. The van der Waals surface area contributed by atoms with Crippen LogP contribution in [0.4, 0.5) is 0 Å². The molecule has 2 N–H and O–H groups in total. The predicted molar refractivity (Wildman–Crippen MR) is 101 cm³/mol. The van der Waals surface area contributed by atoms with E-state index in [1.165, 1.54) is 10.1 Å². The van der Waals surface area contributed by atoms with Gasteiger partial charge >= 0.3 is 0 Å². The number of nitrogens with zero attached hydrogens (tertiary/aromatic N) is 3. The van der Waals surface area contributed by atoms with E-state index in [1.807, 2.05) is 49.4 Å². The molecule has 4 aromatic rings. The zero-order valence-electron chi connectivity index (χ0n) is 14.4. The number of aromatic amines is 1. The highest BCUT2D eigenvalue weighted by Gasteiger charge is 2.11. The maximum absolute atomic E-state index is 12.4. The first-order valence-corrected chi connectivity index (χ1v) is 8.50. The van der Waals surface area contributed by atoms with E-state index in [9.17, 15) is 4.79 Å². The molecule has 0 aliphatic carbocycles. The summed E-state index contributed by atoms with van der Waals surface area (Å²) in [5.41, 5.74) is 3.78. The monoisotopic (exact) mass is 345 g/mol. The van der Waals surface area contributed by atoms with Crippen molar-refractivity contribution in [3.63, 3.8) is 0 Å². The van der Waals surface area contributed by atoms with Gasteiger partial charge in [-0.25, -0.2) is 0 Å². The Bertz CT molecular complexity index is 1100. The van der Waals surface area contributed by atoms with Gasteiger partial charge in [0, 0.05) is 30.4 Å². The summed E-state index contributed by atoms with van der Waals surface area (Å²) in [4.78, 5) is 20.1. The third-order valence-corrected chi connectivity index (χ3v) is 4.26. The Morgan fingerprint density at radius 2 is 1.81 bits per heavy atom. The topological polar surface area (TPSA) is 75.1 Å². The molecule has 0 radical (unpaired) electrons. The lowest BCUT2D eigenvalue weighted by molar-refractivity contribution is 0.676. The van der Waals surface area contributed by atoms with Crippen LogP contribution >= 0.6 is 0 Å². The van der Waals surface area contributed by atoms with Gasteiger partial charge in [0.15, 0.2) is 5.82 Å². The van der Waals surface area contributed by atoms with Gasteiger partial charge in [0.2, 0.25) is 5.78 Å². The largest absolute Gasteiger partial charge is 0.326 e. The van der Waals surface area contributed by atoms with E-state index in [1.54, 1.807) is 6.07 Å². The molecule has 0 aliphatic heterocycles. The van der Waals surface area contributed by atoms with E-state index in [-0.39, 0.29) is 5.56 Å². The molecule has 0 spiro atoms. The second-order valence-electron chi connectivity index (χ2n) is 6.21. The van der Waals surface area contributed by atoms with Crippen LogP contribution in [0.15, 0.2) is 65.5 Å². The summed E-state index contributed by atoms with van der Waals surface area (Å²) in [7, 11) is 0. The maximum Gasteiger partial charge on any atom is 0.275 e. The third-order valence-electron chi connectivity index (χ3n) is 4.26. The van der Waals surface area contributed by atoms with Crippen molar-refractivity contribution < 1.29 is 0 Å². The number of aryl methyl sites for hydroxylation is 1. The van der Waals surface area contributed by atoms with Crippen LogP contribution in [0.2, 0.25) is 0 Å². The van der Waals surface area contributed by atoms with Gasteiger partial charge in [-0.2, -0.15) is 9.50 Å². The molecule has 0 aliphatic rings. The molecular weight excluding hydrogens is 326 g/mol. The Morgan fingerprint density at radius 3 is 2.62 bits per heavy atom. The third kappa shape index (κ3) is 3.27. The lowest BCUT2D eigenvalue weighted by Gasteiger charge is -2.05. The maximum atomic E-state index is 12.4. The first-order chi connectivity index (χ1) is 12.7. The van der Waals surface area contributed by atoms with E-state index >= 15 is 0 Å². The van der Waals surface area contributed by atoms with Crippen molar-refractivity contribution in [3.05, 3.63) is 87.8 Å². The molecule has 2 aromatic heterocycles. The second kappa shape index (κ2) is 6.93. The second-order valence-corrected chi connectivity index (χ2v) is 6.21. The van der Waals surface area contributed by atoms with Gasteiger partial charge in [-0.05, 0) is 18.1 Å². The number of nitrogens with one attached hydrogen (secondary N) is 2. The van der Waals surface area contributed by atoms with Gasteiger partial charge in [0.1, 0.15) is 0 Å². The molecule has 130 valence electrons. The fraction of sp³-hybridized carbons (Fsp3) is 0.150. The SMILES string of the molecule is Cc1ccccc1-c1nc2[nH]c(CNCc3ccccc3)cc(=O)n2n1. The summed E-state index contributed by atoms with van der Waals surface area (Å²) in [5, 5.41) is 7.68. The molecular formula is C20H19N5O. The van der Waals surface area contributed by atoms with Crippen molar-refractivity contribution in [2.75, 3.05) is 0 Å². The van der Waals surface area contributed by atoms with E-state index in [0.717, 1.165) is 23.4 Å². The van der Waals surface area contributed by atoms with Gasteiger partial charge in [-0.15, -0.1) is 5.10 Å². The molecule has 0 saturated carbocycles. The highest BCUT2D eigenvalue weighted by Crippen LogP contribution is 2.19. The summed E-state index contributed by atoms with van der Waals surface area (Å²) in [6.07, 6.45) is 0. The first-order valence-electron chi connectivity index (χ1n) is 8.50. The Hall–Kier alpha value is -3.25. The van der Waals surface area contributed by atoms with Crippen molar-refractivity contribution in [1.29, 1.82) is 0 Å². The number of hydrogen-bond acceptors (Lipinski definition) is 4. The van der Waals surface area contributed by atoms with E-state index in [2.05, 4.69) is 32.5 Å². The van der Waals surface area contributed by atoms with Gasteiger partial charge < -0.3 is 10.3 Å². The Labute approximate surface area is 150 Å². The van der Waals surface area contributed by atoms with Gasteiger partial charge in [0.25, 0.3) is 5.56 Å². The van der Waals surface area contributed by atoms with Crippen LogP contribution in [0.1, 0.15) is 16.8 Å². The van der Waals surface area contributed by atoms with Crippen LogP contribution in [-0.2, 0) is 13.1 Å². The quantitative estimate of drug-likeness (QED) is 0.583. The van der Waals surface area contributed by atoms with Crippen molar-refractivity contribution in [2.45, 2.75) is 20.0 Å². The average Bonchev–Trinajstić information content (AvgIpc) is 3.07. The molecule has 6 heteroatoms. The lowest BCUT2D eigenvalue weighted by Crippen LogP contribution is -2.20. The first kappa shape index (κ1) is 16.2. The summed E-state index contributed by atoms with van der Waals surface area (Å²) in [6.45, 7) is 3.28. The van der Waals surface area contributed by atoms with Crippen LogP contribution < -0.4 is 10.9 Å². The Morgan fingerprint density at radius 1 is 1.04 bits per heavy atom. The molecule has 0 atom stereocenters. The van der Waals surface area contributed by atoms with Gasteiger partial charge in [0.05, 0.1) is 0 Å². The summed E-state index contributed by atoms with van der Waals surface area (Å²) < 4.78 is 1.31. The van der Waals surface area contributed by atoms with Crippen molar-refractivity contribution in [1.82, 2.24) is 24.9 Å². The zero-order valence-corrected chi connectivity index (χ0v) is 14.4. The Balaban J connectivity index is 1.58. The van der Waals surface area contributed by atoms with Crippen LogP contribution in [0.3, 0.4) is 0 Å². The van der Waals surface area contributed by atoms with Crippen molar-refractivity contribution in [3.8, 4) is 11.4 Å². The summed E-state index contributed by atoms with van der Waals surface area (Å²) >= 11 is 0. The van der Waals surface area contributed by atoms with Gasteiger partial charge in [-0.1, -0.05) is 54.6 Å². The fourth-order valence-electron chi connectivity index (χ4n) is 2.91. The highest BCUT2D eigenvalue weighted by molar-refractivity contribution is 5.61. The number of H-pyrrole nitrogens is 1.